The maximum Gasteiger partial charge on any atom is 0.254 e. The highest BCUT2D eigenvalue weighted by Gasteiger charge is 2.20. The van der Waals surface area contributed by atoms with Gasteiger partial charge >= 0.3 is 0 Å². The molecule has 4 nitrogen and oxygen atoms in total. The van der Waals surface area contributed by atoms with E-state index in [9.17, 15) is 9.90 Å². The predicted molar refractivity (Wildman–Crippen MR) is 98.1 cm³/mol. The molecule has 1 heterocycles. The van der Waals surface area contributed by atoms with Crippen molar-refractivity contribution in [2.75, 3.05) is 6.54 Å². The lowest BCUT2D eigenvalue weighted by Crippen LogP contribution is -2.41. The lowest BCUT2D eigenvalue weighted by atomic mass is 10.1. The molecule has 1 N–H and O–H groups in total. The Bertz CT molecular complexity index is 642. The Kier molecular flexibility index (Phi) is 6.82. The highest BCUT2D eigenvalue weighted by atomic mass is 32.2. The van der Waals surface area contributed by atoms with E-state index >= 15 is 0 Å². The molecule has 0 saturated carbocycles. The molecule has 1 amide bonds. The van der Waals surface area contributed by atoms with E-state index < -0.39 is 6.10 Å². The first kappa shape index (κ1) is 18.5. The van der Waals surface area contributed by atoms with E-state index in [4.69, 9.17) is 0 Å². The minimum atomic E-state index is -0.536. The molecule has 2 rings (SSSR count). The molecule has 0 spiro atoms. The number of benzene rings is 1. The Morgan fingerprint density at radius 3 is 2.46 bits per heavy atom. The lowest BCUT2D eigenvalue weighted by Gasteiger charge is -2.28. The van der Waals surface area contributed by atoms with Crippen LogP contribution in [-0.2, 0) is 5.75 Å². The largest absolute Gasteiger partial charge is 0.392 e. The molecule has 0 aliphatic heterocycles. The third-order valence-corrected chi connectivity index (χ3v) is 4.66. The van der Waals surface area contributed by atoms with E-state index in [0.29, 0.717) is 12.1 Å². The topological polar surface area (TPSA) is 53.4 Å². The molecule has 0 aliphatic rings. The summed E-state index contributed by atoms with van der Waals surface area (Å²) >= 11 is 1.71. The van der Waals surface area contributed by atoms with Gasteiger partial charge in [0.25, 0.3) is 5.91 Å². The van der Waals surface area contributed by atoms with Crippen molar-refractivity contribution in [3.05, 3.63) is 59.9 Å². The average molecular weight is 344 g/mol. The van der Waals surface area contributed by atoms with Gasteiger partial charge in [0, 0.05) is 41.2 Å². The van der Waals surface area contributed by atoms with Gasteiger partial charge in [0.1, 0.15) is 0 Å². The summed E-state index contributed by atoms with van der Waals surface area (Å²) in [6, 6.07) is 11.7. The Labute approximate surface area is 147 Å². The molecule has 24 heavy (non-hydrogen) atoms. The lowest BCUT2D eigenvalue weighted by molar-refractivity contribution is 0.0578. The minimum Gasteiger partial charge on any atom is -0.392 e. The van der Waals surface area contributed by atoms with Crippen LogP contribution in [0.2, 0.25) is 0 Å². The van der Waals surface area contributed by atoms with Gasteiger partial charge in [0.15, 0.2) is 0 Å². The Balaban J connectivity index is 2.01. The molecule has 0 saturated heterocycles. The number of pyridine rings is 1. The van der Waals surface area contributed by atoms with Crippen LogP contribution in [0.3, 0.4) is 0 Å². The molecule has 2 aromatic rings. The Morgan fingerprint density at radius 2 is 1.92 bits per heavy atom. The van der Waals surface area contributed by atoms with E-state index in [1.165, 1.54) is 5.56 Å². The zero-order chi connectivity index (χ0) is 17.5. The van der Waals surface area contributed by atoms with Gasteiger partial charge in [0.2, 0.25) is 0 Å². The summed E-state index contributed by atoms with van der Waals surface area (Å²) in [7, 11) is 0. The van der Waals surface area contributed by atoms with Crippen molar-refractivity contribution < 1.29 is 9.90 Å². The first-order chi connectivity index (χ1) is 11.5. The number of thioether (sulfide) groups is 1. The van der Waals surface area contributed by atoms with Gasteiger partial charge in [-0.1, -0.05) is 6.07 Å². The fourth-order valence-electron chi connectivity index (χ4n) is 2.32. The summed E-state index contributed by atoms with van der Waals surface area (Å²) in [6.07, 6.45) is 3.09. The molecule has 5 heteroatoms. The highest BCUT2D eigenvalue weighted by molar-refractivity contribution is 7.98. The number of carbonyl (C=O) groups is 1. The number of aromatic nitrogens is 1. The zero-order valence-corrected chi connectivity index (χ0v) is 15.2. The zero-order valence-electron chi connectivity index (χ0n) is 14.3. The van der Waals surface area contributed by atoms with E-state index in [1.54, 1.807) is 29.8 Å². The van der Waals surface area contributed by atoms with Crippen LogP contribution < -0.4 is 0 Å². The van der Waals surface area contributed by atoms with Gasteiger partial charge in [-0.2, -0.15) is 0 Å². The normalized spacial score (nSPS) is 12.2. The first-order valence-electron chi connectivity index (χ1n) is 8.08. The van der Waals surface area contributed by atoms with Crippen molar-refractivity contribution in [1.82, 2.24) is 9.88 Å². The number of aliphatic hydroxyl groups excluding tert-OH is 1. The number of amides is 1. The van der Waals surface area contributed by atoms with Crippen LogP contribution in [0.5, 0.6) is 0 Å². The summed E-state index contributed by atoms with van der Waals surface area (Å²) in [5, 5.41) is 9.59. The smallest absolute Gasteiger partial charge is 0.254 e. The predicted octanol–water partition coefficient (Wildman–Crippen LogP) is 3.61. The van der Waals surface area contributed by atoms with Gasteiger partial charge in [-0.25, -0.2) is 0 Å². The third-order valence-electron chi connectivity index (χ3n) is 3.57. The van der Waals surface area contributed by atoms with Crippen LogP contribution in [0.15, 0.2) is 53.7 Å². The van der Waals surface area contributed by atoms with Crippen molar-refractivity contribution in [1.29, 1.82) is 0 Å². The monoisotopic (exact) mass is 344 g/mol. The number of carbonyl (C=O) groups excluding carboxylic acids is 1. The van der Waals surface area contributed by atoms with Gasteiger partial charge < -0.3 is 10.0 Å². The maximum atomic E-state index is 12.6. The summed E-state index contributed by atoms with van der Waals surface area (Å²) in [6.45, 7) is 5.95. The summed E-state index contributed by atoms with van der Waals surface area (Å²) in [5.74, 6) is 0.802. The van der Waals surface area contributed by atoms with E-state index in [-0.39, 0.29) is 11.9 Å². The molecule has 0 radical (unpaired) electrons. The molecule has 1 aromatic heterocycles. The van der Waals surface area contributed by atoms with Gasteiger partial charge in [-0.3, -0.25) is 9.78 Å². The number of hydrogen-bond donors (Lipinski definition) is 1. The molecular formula is C19H24N2O2S. The second kappa shape index (κ2) is 8.85. The molecule has 1 aromatic carbocycles. The molecule has 1 atom stereocenters. The van der Waals surface area contributed by atoms with Gasteiger partial charge in [0.05, 0.1) is 6.10 Å². The number of hydrogen-bond acceptors (Lipinski definition) is 4. The number of aliphatic hydroxyl groups is 1. The van der Waals surface area contributed by atoms with Crippen molar-refractivity contribution >= 4 is 17.7 Å². The average Bonchev–Trinajstić information content (AvgIpc) is 2.58. The fourth-order valence-corrected chi connectivity index (χ4v) is 3.16. The Hall–Kier alpha value is -1.85. The highest BCUT2D eigenvalue weighted by Crippen LogP contribution is 2.23. The van der Waals surface area contributed by atoms with Crippen molar-refractivity contribution in [3.8, 4) is 0 Å². The summed E-state index contributed by atoms with van der Waals surface area (Å²) in [4.78, 5) is 19.5. The molecule has 128 valence electrons. The number of nitrogens with zero attached hydrogens (tertiary/aromatic N) is 2. The van der Waals surface area contributed by atoms with Crippen LogP contribution in [0.1, 0.15) is 36.7 Å². The van der Waals surface area contributed by atoms with E-state index in [1.807, 2.05) is 50.4 Å². The summed E-state index contributed by atoms with van der Waals surface area (Å²) in [5.41, 5.74) is 1.82. The fraction of sp³-hybridized carbons (Fsp3) is 0.368. The number of rotatable bonds is 7. The van der Waals surface area contributed by atoms with Gasteiger partial charge in [-0.05, 0) is 56.7 Å². The van der Waals surface area contributed by atoms with Crippen LogP contribution in [0.25, 0.3) is 0 Å². The first-order valence-corrected chi connectivity index (χ1v) is 9.06. The molecule has 0 aliphatic carbocycles. The third kappa shape index (κ3) is 5.35. The molecular weight excluding hydrogens is 320 g/mol. The van der Waals surface area contributed by atoms with Crippen LogP contribution in [-0.4, -0.2) is 39.6 Å². The maximum absolute atomic E-state index is 12.6. The van der Waals surface area contributed by atoms with Crippen molar-refractivity contribution in [2.24, 2.45) is 0 Å². The van der Waals surface area contributed by atoms with E-state index in [0.717, 1.165) is 10.6 Å². The summed E-state index contributed by atoms with van der Waals surface area (Å²) < 4.78 is 0. The van der Waals surface area contributed by atoms with Crippen molar-refractivity contribution in [2.45, 2.75) is 43.6 Å². The van der Waals surface area contributed by atoms with Crippen molar-refractivity contribution in [3.63, 3.8) is 0 Å². The molecule has 1 unspecified atom stereocenters. The quantitative estimate of drug-likeness (QED) is 0.780. The van der Waals surface area contributed by atoms with E-state index in [2.05, 4.69) is 11.1 Å². The van der Waals surface area contributed by atoms with Crippen LogP contribution in [0, 0.1) is 0 Å². The minimum absolute atomic E-state index is 0.0466. The molecule has 0 bridgehead atoms. The van der Waals surface area contributed by atoms with Gasteiger partial charge in [-0.15, -0.1) is 11.8 Å². The SMILES string of the molecule is CC(O)CN(C(=O)c1ccc(SCc2cccnc2)cc1)C(C)C. The van der Waals surface area contributed by atoms with Crippen LogP contribution in [0.4, 0.5) is 0 Å². The standard InChI is InChI=1S/C19H24N2O2S/c1-14(2)21(12-15(3)22)19(23)17-6-8-18(9-7-17)24-13-16-5-4-10-20-11-16/h4-11,14-15,22H,12-13H2,1-3H3. The second-order valence-electron chi connectivity index (χ2n) is 6.07. The van der Waals surface area contributed by atoms with Crippen LogP contribution >= 0.6 is 11.8 Å². The molecule has 0 fully saturated rings. The second-order valence-corrected chi connectivity index (χ2v) is 7.12. The Morgan fingerprint density at radius 1 is 1.21 bits per heavy atom.